The Kier molecular flexibility index (Phi) is 4.03. The lowest BCUT2D eigenvalue weighted by molar-refractivity contribution is 0.0537. The fourth-order valence-electron chi connectivity index (χ4n) is 5.02. The number of aromatic nitrogens is 2. The summed E-state index contributed by atoms with van der Waals surface area (Å²) in [6.45, 7) is 0.805. The van der Waals surface area contributed by atoms with Crippen molar-refractivity contribution >= 4 is 11.0 Å². The van der Waals surface area contributed by atoms with E-state index in [4.69, 9.17) is 4.98 Å². The fraction of sp³-hybridized carbons (Fsp3) is 0.409. The number of rotatable bonds is 4. The van der Waals surface area contributed by atoms with Crippen LogP contribution in [0.3, 0.4) is 0 Å². The van der Waals surface area contributed by atoms with Gasteiger partial charge in [0, 0.05) is 12.1 Å². The monoisotopic (exact) mass is 347 g/mol. The number of para-hydroxylation sites is 2. The molecular formula is C22H25N3O. The Morgan fingerprint density at radius 2 is 1.81 bits per heavy atom. The largest absolute Gasteiger partial charge is 0.391 e. The number of piperidine rings is 1. The van der Waals surface area contributed by atoms with Crippen LogP contribution in [0.1, 0.15) is 30.7 Å². The minimum atomic E-state index is -0.204. The summed E-state index contributed by atoms with van der Waals surface area (Å²) in [6.07, 6.45) is 4.06. The highest BCUT2D eigenvalue weighted by atomic mass is 16.3. The van der Waals surface area contributed by atoms with Crippen molar-refractivity contribution in [1.82, 2.24) is 14.9 Å². The smallest absolute Gasteiger partial charge is 0.121 e. The van der Waals surface area contributed by atoms with Crippen LogP contribution in [0.15, 0.2) is 54.6 Å². The molecular weight excluding hydrogens is 322 g/mol. The summed E-state index contributed by atoms with van der Waals surface area (Å²) < 4.78 is 0. The molecule has 2 saturated heterocycles. The molecule has 0 amide bonds. The molecule has 0 saturated carbocycles. The zero-order chi connectivity index (χ0) is 17.5. The van der Waals surface area contributed by atoms with Gasteiger partial charge in [0.1, 0.15) is 5.82 Å². The third kappa shape index (κ3) is 2.93. The Balaban J connectivity index is 1.32. The molecule has 134 valence electrons. The van der Waals surface area contributed by atoms with E-state index in [1.807, 2.05) is 18.2 Å². The Bertz CT molecular complexity index is 858. The number of hydrogen-bond donors (Lipinski definition) is 2. The predicted molar refractivity (Wildman–Crippen MR) is 103 cm³/mol. The molecule has 5 rings (SSSR count). The average molecular weight is 347 g/mol. The lowest BCUT2D eigenvalue weighted by atomic mass is 9.85. The number of aromatic amines is 1. The van der Waals surface area contributed by atoms with Crippen LogP contribution < -0.4 is 0 Å². The molecule has 0 spiro atoms. The van der Waals surface area contributed by atoms with Crippen LogP contribution in [0.25, 0.3) is 11.0 Å². The summed E-state index contributed by atoms with van der Waals surface area (Å²) in [6, 6.07) is 19.7. The van der Waals surface area contributed by atoms with Gasteiger partial charge in [-0.1, -0.05) is 42.5 Å². The number of benzene rings is 2. The summed E-state index contributed by atoms with van der Waals surface area (Å²) in [5.74, 6) is 1.67. The molecule has 0 aliphatic carbocycles. The van der Waals surface area contributed by atoms with Gasteiger partial charge in [0.15, 0.2) is 0 Å². The van der Waals surface area contributed by atoms with Gasteiger partial charge in [0.2, 0.25) is 0 Å². The lowest BCUT2D eigenvalue weighted by Gasteiger charge is -2.38. The molecule has 1 aromatic heterocycles. The highest BCUT2D eigenvalue weighted by Crippen LogP contribution is 2.40. The first kappa shape index (κ1) is 16.0. The molecule has 2 aliphatic heterocycles. The number of aliphatic hydroxyl groups is 1. The minimum Gasteiger partial charge on any atom is -0.391 e. The number of H-pyrrole nitrogens is 1. The first-order valence-electron chi connectivity index (χ1n) is 9.67. The molecule has 3 heterocycles. The Labute approximate surface area is 153 Å². The molecule has 4 heteroatoms. The van der Waals surface area contributed by atoms with Gasteiger partial charge in [-0.05, 0) is 49.3 Å². The third-order valence-corrected chi connectivity index (χ3v) is 6.17. The summed E-state index contributed by atoms with van der Waals surface area (Å²) >= 11 is 0. The van der Waals surface area contributed by atoms with E-state index >= 15 is 0 Å². The maximum atomic E-state index is 10.6. The van der Waals surface area contributed by atoms with Gasteiger partial charge in [-0.2, -0.15) is 0 Å². The van der Waals surface area contributed by atoms with Crippen molar-refractivity contribution in [3.63, 3.8) is 0 Å². The summed E-state index contributed by atoms with van der Waals surface area (Å²) in [5.41, 5.74) is 3.53. The second kappa shape index (κ2) is 6.53. The van der Waals surface area contributed by atoms with Crippen LogP contribution in [-0.4, -0.2) is 38.2 Å². The van der Waals surface area contributed by atoms with E-state index in [2.05, 4.69) is 46.3 Å². The maximum absolute atomic E-state index is 10.6. The normalized spacial score (nSPS) is 28.7. The van der Waals surface area contributed by atoms with Crippen LogP contribution in [0.2, 0.25) is 0 Å². The van der Waals surface area contributed by atoms with Crippen molar-refractivity contribution in [3.8, 4) is 0 Å². The SMILES string of the molecule is OC1CC2CC(Cc3ccccc3)CC1N2Cc1nc2ccccc2[nH]1. The molecule has 2 aliphatic rings. The molecule has 2 fully saturated rings. The molecule has 0 radical (unpaired) electrons. The predicted octanol–water partition coefficient (Wildman–Crippen LogP) is 3.52. The van der Waals surface area contributed by atoms with Gasteiger partial charge >= 0.3 is 0 Å². The van der Waals surface area contributed by atoms with Crippen LogP contribution in [-0.2, 0) is 13.0 Å². The van der Waals surface area contributed by atoms with Crippen LogP contribution in [0.5, 0.6) is 0 Å². The third-order valence-electron chi connectivity index (χ3n) is 6.17. The van der Waals surface area contributed by atoms with Crippen molar-refractivity contribution in [2.75, 3.05) is 0 Å². The van der Waals surface area contributed by atoms with Gasteiger partial charge in [-0.3, -0.25) is 4.90 Å². The van der Waals surface area contributed by atoms with Crippen molar-refractivity contribution in [2.24, 2.45) is 5.92 Å². The molecule has 2 bridgehead atoms. The van der Waals surface area contributed by atoms with Gasteiger partial charge in [-0.25, -0.2) is 4.98 Å². The number of nitrogens with zero attached hydrogens (tertiary/aromatic N) is 2. The van der Waals surface area contributed by atoms with Crippen LogP contribution in [0.4, 0.5) is 0 Å². The topological polar surface area (TPSA) is 52.1 Å². The Morgan fingerprint density at radius 3 is 2.62 bits per heavy atom. The average Bonchev–Trinajstić information content (AvgIpc) is 3.13. The molecule has 3 aromatic rings. The zero-order valence-corrected chi connectivity index (χ0v) is 14.9. The molecule has 2 N–H and O–H groups in total. The minimum absolute atomic E-state index is 0.204. The van der Waals surface area contributed by atoms with E-state index in [9.17, 15) is 5.11 Å². The molecule has 26 heavy (non-hydrogen) atoms. The van der Waals surface area contributed by atoms with Crippen molar-refractivity contribution in [2.45, 2.75) is 50.4 Å². The van der Waals surface area contributed by atoms with E-state index in [1.54, 1.807) is 0 Å². The number of nitrogens with one attached hydrogen (secondary N) is 1. The number of fused-ring (bicyclic) bond motifs is 3. The van der Waals surface area contributed by atoms with E-state index in [-0.39, 0.29) is 12.1 Å². The first-order chi connectivity index (χ1) is 12.8. The van der Waals surface area contributed by atoms with Gasteiger partial charge in [-0.15, -0.1) is 0 Å². The van der Waals surface area contributed by atoms with Gasteiger partial charge < -0.3 is 10.1 Å². The Hall–Kier alpha value is -2.17. The molecule has 4 atom stereocenters. The van der Waals surface area contributed by atoms with E-state index in [0.29, 0.717) is 12.0 Å². The quantitative estimate of drug-likeness (QED) is 0.759. The summed E-state index contributed by atoms with van der Waals surface area (Å²) in [4.78, 5) is 10.7. The molecule has 2 aromatic carbocycles. The second-order valence-corrected chi connectivity index (χ2v) is 7.92. The fourth-order valence-corrected chi connectivity index (χ4v) is 5.02. The molecule has 4 unspecified atom stereocenters. The standard InChI is InChI=1S/C22H25N3O/c26-21-13-17-11-16(10-15-6-2-1-3-7-15)12-20(21)25(17)14-22-23-18-8-4-5-9-19(18)24-22/h1-9,16-17,20-21,26H,10-14H2,(H,23,24). The van der Waals surface area contributed by atoms with E-state index in [0.717, 1.165) is 42.7 Å². The summed E-state index contributed by atoms with van der Waals surface area (Å²) in [5, 5.41) is 10.6. The number of aliphatic hydroxyl groups excluding tert-OH is 1. The second-order valence-electron chi connectivity index (χ2n) is 7.92. The van der Waals surface area contributed by atoms with Crippen molar-refractivity contribution in [3.05, 3.63) is 66.0 Å². The lowest BCUT2D eigenvalue weighted by Crippen LogP contribution is -2.45. The van der Waals surface area contributed by atoms with Crippen molar-refractivity contribution in [1.29, 1.82) is 0 Å². The number of imidazole rings is 1. The highest BCUT2D eigenvalue weighted by molar-refractivity contribution is 5.74. The summed E-state index contributed by atoms with van der Waals surface area (Å²) in [7, 11) is 0. The van der Waals surface area contributed by atoms with E-state index in [1.165, 1.54) is 12.0 Å². The van der Waals surface area contributed by atoms with Crippen LogP contribution in [0, 0.1) is 5.92 Å². The van der Waals surface area contributed by atoms with Gasteiger partial charge in [0.25, 0.3) is 0 Å². The Morgan fingerprint density at radius 1 is 1.00 bits per heavy atom. The molecule has 4 nitrogen and oxygen atoms in total. The van der Waals surface area contributed by atoms with E-state index < -0.39 is 0 Å². The first-order valence-corrected chi connectivity index (χ1v) is 9.67. The zero-order valence-electron chi connectivity index (χ0n) is 14.9. The number of hydrogen-bond acceptors (Lipinski definition) is 3. The maximum Gasteiger partial charge on any atom is 0.121 e. The van der Waals surface area contributed by atoms with Crippen molar-refractivity contribution < 1.29 is 5.11 Å². The highest BCUT2D eigenvalue weighted by Gasteiger charge is 2.46. The van der Waals surface area contributed by atoms with Gasteiger partial charge in [0.05, 0.1) is 23.7 Å². The van der Waals surface area contributed by atoms with Crippen LogP contribution >= 0.6 is 0 Å².